The molecule has 1 N–H and O–H groups in total. The molecule has 100 valence electrons. The lowest BCUT2D eigenvalue weighted by molar-refractivity contribution is -0.124. The highest BCUT2D eigenvalue weighted by molar-refractivity contribution is 5.78. The number of para-hydroxylation sites is 1. The molecule has 0 aliphatic carbocycles. The van der Waals surface area contributed by atoms with Crippen LogP contribution in [0.25, 0.3) is 0 Å². The van der Waals surface area contributed by atoms with Crippen LogP contribution in [0.1, 0.15) is 18.9 Å². The maximum atomic E-state index is 11.7. The fraction of sp³-hybridized carbons (Fsp3) is 0.429. The van der Waals surface area contributed by atoms with Crippen LogP contribution in [-0.4, -0.2) is 31.3 Å². The maximum Gasteiger partial charge on any atom is 0.258 e. The SMILES string of the molecule is CC1OCCC1NC(=O)COc1ccccc1C#N. The number of amides is 1. The summed E-state index contributed by atoms with van der Waals surface area (Å²) in [7, 11) is 0. The predicted octanol–water partition coefficient (Wildman–Crippen LogP) is 1.23. The molecule has 0 saturated carbocycles. The van der Waals surface area contributed by atoms with Gasteiger partial charge in [-0.25, -0.2) is 0 Å². The zero-order valence-electron chi connectivity index (χ0n) is 10.8. The third-order valence-electron chi connectivity index (χ3n) is 3.09. The van der Waals surface area contributed by atoms with Gasteiger partial charge in [-0.05, 0) is 25.5 Å². The molecule has 1 aliphatic rings. The van der Waals surface area contributed by atoms with E-state index in [1.807, 2.05) is 13.0 Å². The number of nitrogens with one attached hydrogen (secondary N) is 1. The van der Waals surface area contributed by atoms with Crippen LogP contribution in [0, 0.1) is 11.3 Å². The van der Waals surface area contributed by atoms with Gasteiger partial charge in [0.15, 0.2) is 6.61 Å². The molecule has 0 radical (unpaired) electrons. The molecule has 2 unspecified atom stereocenters. The molecule has 19 heavy (non-hydrogen) atoms. The van der Waals surface area contributed by atoms with Crippen molar-refractivity contribution in [3.8, 4) is 11.8 Å². The minimum absolute atomic E-state index is 0.0374. The van der Waals surface area contributed by atoms with Crippen molar-refractivity contribution in [2.24, 2.45) is 0 Å². The van der Waals surface area contributed by atoms with Crippen LogP contribution in [0.5, 0.6) is 5.75 Å². The second kappa shape index (κ2) is 6.21. The normalized spacial score (nSPS) is 21.7. The lowest BCUT2D eigenvalue weighted by atomic mass is 10.1. The Labute approximate surface area is 112 Å². The lowest BCUT2D eigenvalue weighted by Crippen LogP contribution is -2.41. The number of ether oxygens (including phenoxy) is 2. The molecule has 5 heteroatoms. The van der Waals surface area contributed by atoms with Crippen molar-refractivity contribution < 1.29 is 14.3 Å². The largest absolute Gasteiger partial charge is 0.482 e. The molecule has 1 fully saturated rings. The maximum absolute atomic E-state index is 11.7. The minimum atomic E-state index is -0.199. The van der Waals surface area contributed by atoms with Crippen molar-refractivity contribution in [2.75, 3.05) is 13.2 Å². The molecule has 1 saturated heterocycles. The molecular weight excluding hydrogens is 244 g/mol. The van der Waals surface area contributed by atoms with E-state index < -0.39 is 0 Å². The van der Waals surface area contributed by atoms with Crippen LogP contribution in [0.2, 0.25) is 0 Å². The number of rotatable bonds is 4. The number of benzene rings is 1. The summed E-state index contributed by atoms with van der Waals surface area (Å²) >= 11 is 0. The average molecular weight is 260 g/mol. The Bertz CT molecular complexity index is 496. The van der Waals surface area contributed by atoms with Crippen LogP contribution in [0.3, 0.4) is 0 Å². The molecule has 1 aromatic rings. The molecule has 2 atom stereocenters. The quantitative estimate of drug-likeness (QED) is 0.883. The number of carbonyl (C=O) groups is 1. The van der Waals surface area contributed by atoms with Crippen molar-refractivity contribution in [3.05, 3.63) is 29.8 Å². The molecule has 1 aromatic carbocycles. The number of hydrogen-bond acceptors (Lipinski definition) is 4. The van der Waals surface area contributed by atoms with E-state index in [1.165, 1.54) is 0 Å². The summed E-state index contributed by atoms with van der Waals surface area (Å²) in [5, 5.41) is 11.8. The van der Waals surface area contributed by atoms with E-state index in [1.54, 1.807) is 24.3 Å². The van der Waals surface area contributed by atoms with E-state index in [9.17, 15) is 4.79 Å². The van der Waals surface area contributed by atoms with Crippen LogP contribution in [0.4, 0.5) is 0 Å². The summed E-state index contributed by atoms with van der Waals surface area (Å²) in [5.41, 5.74) is 0.424. The van der Waals surface area contributed by atoms with Crippen LogP contribution in [-0.2, 0) is 9.53 Å². The first-order chi connectivity index (χ1) is 9.20. The Balaban J connectivity index is 1.85. The van der Waals surface area contributed by atoms with E-state index in [2.05, 4.69) is 5.32 Å². The number of carbonyl (C=O) groups excluding carboxylic acids is 1. The van der Waals surface area contributed by atoms with Gasteiger partial charge in [0.25, 0.3) is 5.91 Å². The third kappa shape index (κ3) is 3.46. The standard InChI is InChI=1S/C14H16N2O3/c1-10-12(6-7-18-10)16-14(17)9-19-13-5-3-2-4-11(13)8-15/h2-5,10,12H,6-7,9H2,1H3,(H,16,17). The molecule has 0 bridgehead atoms. The first kappa shape index (κ1) is 13.4. The summed E-state index contributed by atoms with van der Waals surface area (Å²) < 4.78 is 10.7. The summed E-state index contributed by atoms with van der Waals surface area (Å²) in [4.78, 5) is 11.7. The lowest BCUT2D eigenvalue weighted by Gasteiger charge is -2.16. The van der Waals surface area contributed by atoms with E-state index >= 15 is 0 Å². The van der Waals surface area contributed by atoms with Crippen LogP contribution >= 0.6 is 0 Å². The van der Waals surface area contributed by atoms with E-state index in [0.29, 0.717) is 17.9 Å². The van der Waals surface area contributed by atoms with E-state index in [0.717, 1.165) is 6.42 Å². The monoisotopic (exact) mass is 260 g/mol. The van der Waals surface area contributed by atoms with Gasteiger partial charge in [-0.15, -0.1) is 0 Å². The van der Waals surface area contributed by atoms with Crippen molar-refractivity contribution in [1.29, 1.82) is 5.26 Å². The van der Waals surface area contributed by atoms with Gasteiger partial charge in [0.05, 0.1) is 17.7 Å². The first-order valence-corrected chi connectivity index (χ1v) is 6.23. The van der Waals surface area contributed by atoms with Gasteiger partial charge < -0.3 is 14.8 Å². The summed E-state index contributed by atoms with van der Waals surface area (Å²) in [5.74, 6) is 0.228. The molecule has 5 nitrogen and oxygen atoms in total. The topological polar surface area (TPSA) is 71.3 Å². The zero-order chi connectivity index (χ0) is 13.7. The molecular formula is C14H16N2O3. The highest BCUT2D eigenvalue weighted by Crippen LogP contribution is 2.16. The number of hydrogen-bond donors (Lipinski definition) is 1. The van der Waals surface area contributed by atoms with Gasteiger partial charge in [-0.1, -0.05) is 12.1 Å². The average Bonchev–Trinajstić information content (AvgIpc) is 2.82. The highest BCUT2D eigenvalue weighted by atomic mass is 16.5. The van der Waals surface area contributed by atoms with E-state index in [4.69, 9.17) is 14.7 Å². The van der Waals surface area contributed by atoms with E-state index in [-0.39, 0.29) is 24.7 Å². The summed E-state index contributed by atoms with van der Waals surface area (Å²) in [6.07, 6.45) is 0.858. The molecule has 2 rings (SSSR count). The van der Waals surface area contributed by atoms with Crippen molar-refractivity contribution in [3.63, 3.8) is 0 Å². The Morgan fingerprint density at radius 2 is 2.37 bits per heavy atom. The minimum Gasteiger partial charge on any atom is -0.482 e. The second-order valence-corrected chi connectivity index (χ2v) is 4.44. The number of nitrogens with zero attached hydrogens (tertiary/aromatic N) is 1. The molecule has 1 heterocycles. The molecule has 0 aromatic heterocycles. The van der Waals surface area contributed by atoms with Gasteiger partial charge in [0, 0.05) is 6.61 Å². The fourth-order valence-electron chi connectivity index (χ4n) is 2.00. The fourth-order valence-corrected chi connectivity index (χ4v) is 2.00. The molecule has 1 amide bonds. The Hall–Kier alpha value is -2.06. The highest BCUT2D eigenvalue weighted by Gasteiger charge is 2.25. The Morgan fingerprint density at radius 3 is 3.05 bits per heavy atom. The summed E-state index contributed by atoms with van der Waals surface area (Å²) in [6, 6.07) is 8.91. The Kier molecular flexibility index (Phi) is 4.37. The summed E-state index contributed by atoms with van der Waals surface area (Å²) in [6.45, 7) is 2.51. The van der Waals surface area contributed by atoms with Crippen LogP contribution in [0.15, 0.2) is 24.3 Å². The van der Waals surface area contributed by atoms with Gasteiger partial charge in [-0.2, -0.15) is 5.26 Å². The van der Waals surface area contributed by atoms with Gasteiger partial charge >= 0.3 is 0 Å². The van der Waals surface area contributed by atoms with Crippen molar-refractivity contribution in [2.45, 2.75) is 25.5 Å². The smallest absolute Gasteiger partial charge is 0.258 e. The molecule has 0 spiro atoms. The third-order valence-corrected chi connectivity index (χ3v) is 3.09. The Morgan fingerprint density at radius 1 is 1.58 bits per heavy atom. The molecule has 1 aliphatic heterocycles. The predicted molar refractivity (Wildman–Crippen MR) is 68.6 cm³/mol. The zero-order valence-corrected chi connectivity index (χ0v) is 10.8. The number of nitriles is 1. The van der Waals surface area contributed by atoms with Gasteiger partial charge in [0.2, 0.25) is 0 Å². The van der Waals surface area contributed by atoms with Crippen molar-refractivity contribution in [1.82, 2.24) is 5.32 Å². The second-order valence-electron chi connectivity index (χ2n) is 4.44. The van der Waals surface area contributed by atoms with Gasteiger partial charge in [0.1, 0.15) is 11.8 Å². The van der Waals surface area contributed by atoms with Gasteiger partial charge in [-0.3, -0.25) is 4.79 Å². The van der Waals surface area contributed by atoms with Crippen LogP contribution < -0.4 is 10.1 Å². The first-order valence-electron chi connectivity index (χ1n) is 6.23. The van der Waals surface area contributed by atoms with Crippen molar-refractivity contribution >= 4 is 5.91 Å².